The molecule has 25 heavy (non-hydrogen) atoms. The highest BCUT2D eigenvalue weighted by Crippen LogP contribution is 2.42. The van der Waals surface area contributed by atoms with Crippen LogP contribution in [0.1, 0.15) is 26.3 Å². The van der Waals surface area contributed by atoms with Crippen LogP contribution >= 0.6 is 0 Å². The Labute approximate surface area is 145 Å². The summed E-state index contributed by atoms with van der Waals surface area (Å²) in [6.07, 6.45) is -0.500. The van der Waals surface area contributed by atoms with Crippen LogP contribution in [0.2, 0.25) is 0 Å². The fourth-order valence-electron chi connectivity index (χ4n) is 3.16. The van der Waals surface area contributed by atoms with Crippen LogP contribution in [0.4, 0.5) is 14.9 Å². The Morgan fingerprint density at radius 2 is 1.92 bits per heavy atom. The van der Waals surface area contributed by atoms with E-state index in [2.05, 4.69) is 0 Å². The van der Waals surface area contributed by atoms with Crippen molar-refractivity contribution in [1.82, 2.24) is 0 Å². The zero-order chi connectivity index (χ0) is 18.4. The molecular weight excluding hydrogens is 325 g/mol. The number of anilines is 1. The topological polar surface area (TPSA) is 59.0 Å². The Kier molecular flexibility index (Phi) is 4.33. The van der Waals surface area contributed by atoms with Crippen LogP contribution in [-0.2, 0) is 15.9 Å². The summed E-state index contributed by atoms with van der Waals surface area (Å²) in [5.74, 6) is -1.27. The molecule has 134 valence electrons. The second-order valence-corrected chi connectivity index (χ2v) is 7.19. The number of rotatable bonds is 1. The van der Waals surface area contributed by atoms with Crippen molar-refractivity contribution in [3.63, 3.8) is 0 Å². The van der Waals surface area contributed by atoms with Crippen molar-refractivity contribution < 1.29 is 23.8 Å². The number of carbonyl (C=O) groups excluding carboxylic acids is 1. The molecule has 1 amide bonds. The Morgan fingerprint density at radius 3 is 2.52 bits per heavy atom. The average Bonchev–Trinajstić information content (AvgIpc) is 2.57. The molecule has 0 radical (unpaired) electrons. The van der Waals surface area contributed by atoms with E-state index < -0.39 is 23.3 Å². The molecule has 1 heterocycles. The monoisotopic (exact) mass is 347 g/mol. The van der Waals surface area contributed by atoms with Gasteiger partial charge in [-0.1, -0.05) is 24.3 Å². The lowest BCUT2D eigenvalue weighted by Gasteiger charge is -2.36. The van der Waals surface area contributed by atoms with Gasteiger partial charge in [0.2, 0.25) is 0 Å². The van der Waals surface area contributed by atoms with E-state index in [9.17, 15) is 14.3 Å². The summed E-state index contributed by atoms with van der Waals surface area (Å²) in [6.45, 7) is 5.40. The van der Waals surface area contributed by atoms with Gasteiger partial charge in [-0.2, -0.15) is 0 Å². The summed E-state index contributed by atoms with van der Waals surface area (Å²) in [6, 6.07) is 7.01. The van der Waals surface area contributed by atoms with Crippen LogP contribution in [0.15, 0.2) is 24.3 Å². The lowest BCUT2D eigenvalue weighted by molar-refractivity contribution is 0.0515. The van der Waals surface area contributed by atoms with E-state index in [0.717, 1.165) is 0 Å². The van der Waals surface area contributed by atoms with Gasteiger partial charge in [0.25, 0.3) is 0 Å². The second-order valence-electron chi connectivity index (χ2n) is 7.19. The summed E-state index contributed by atoms with van der Waals surface area (Å²) in [5.41, 5.74) is -0.0132. The fraction of sp³-hybridized carbons (Fsp3) is 0.421. The van der Waals surface area contributed by atoms with Crippen LogP contribution < -0.4 is 4.90 Å². The maximum Gasteiger partial charge on any atom is 0.415 e. The number of methoxy groups -OCH3 is 1. The van der Waals surface area contributed by atoms with E-state index in [4.69, 9.17) is 9.47 Å². The zero-order valence-corrected chi connectivity index (χ0v) is 14.8. The molecule has 1 N–H and O–H groups in total. The van der Waals surface area contributed by atoms with Gasteiger partial charge in [0, 0.05) is 18.9 Å². The number of nitrogens with zero attached hydrogens (tertiary/aromatic N) is 1. The van der Waals surface area contributed by atoms with Gasteiger partial charge in [0.15, 0.2) is 11.6 Å². The molecule has 2 aromatic rings. The predicted molar refractivity (Wildman–Crippen MR) is 93.7 cm³/mol. The molecule has 0 aromatic heterocycles. The van der Waals surface area contributed by atoms with Gasteiger partial charge < -0.3 is 14.6 Å². The van der Waals surface area contributed by atoms with E-state index in [1.54, 1.807) is 46.1 Å². The van der Waals surface area contributed by atoms with Crippen molar-refractivity contribution in [3.8, 4) is 5.75 Å². The predicted octanol–water partition coefficient (Wildman–Crippen LogP) is 4.00. The average molecular weight is 347 g/mol. The molecule has 0 spiro atoms. The van der Waals surface area contributed by atoms with E-state index >= 15 is 0 Å². The molecule has 1 aliphatic rings. The Hall–Kier alpha value is -2.34. The van der Waals surface area contributed by atoms with Crippen LogP contribution in [0.3, 0.4) is 0 Å². The minimum Gasteiger partial charge on any atom is -0.504 e. The van der Waals surface area contributed by atoms with Gasteiger partial charge in [-0.05, 0) is 31.7 Å². The van der Waals surface area contributed by atoms with E-state index in [1.165, 1.54) is 4.90 Å². The fourth-order valence-corrected chi connectivity index (χ4v) is 3.16. The molecule has 2 aromatic carbocycles. The van der Waals surface area contributed by atoms with Crippen LogP contribution in [0, 0.1) is 5.82 Å². The number of ether oxygens (including phenoxy) is 2. The van der Waals surface area contributed by atoms with Gasteiger partial charge in [-0.15, -0.1) is 0 Å². The van der Waals surface area contributed by atoms with Crippen molar-refractivity contribution in [1.29, 1.82) is 0 Å². The number of fused-ring (bicyclic) bond motifs is 3. The number of phenolic OH excluding ortho intramolecular Hbond substituents is 1. The minimum absolute atomic E-state index is 0.0683. The SMILES string of the molecule is CO[C@H]1Cc2c(c(F)c(O)c3ccccc23)N(C(=O)OC(C)(C)C)C1. The first-order valence-electron chi connectivity index (χ1n) is 8.18. The first-order valence-corrected chi connectivity index (χ1v) is 8.18. The van der Waals surface area contributed by atoms with E-state index in [-0.39, 0.29) is 18.3 Å². The van der Waals surface area contributed by atoms with Gasteiger partial charge in [0.1, 0.15) is 5.60 Å². The Bertz CT molecular complexity index is 828. The molecule has 0 fully saturated rings. The van der Waals surface area contributed by atoms with E-state index in [0.29, 0.717) is 22.8 Å². The number of aromatic hydroxyl groups is 1. The first-order chi connectivity index (χ1) is 11.7. The number of carbonyl (C=O) groups is 1. The van der Waals surface area contributed by atoms with Gasteiger partial charge in [0.05, 0.1) is 18.3 Å². The maximum atomic E-state index is 14.9. The number of phenols is 1. The maximum absolute atomic E-state index is 14.9. The number of hydrogen-bond donors (Lipinski definition) is 1. The van der Waals surface area contributed by atoms with Crippen LogP contribution in [-0.4, -0.2) is 36.6 Å². The van der Waals surface area contributed by atoms with Gasteiger partial charge in [-0.25, -0.2) is 9.18 Å². The normalized spacial score (nSPS) is 17.5. The molecule has 0 saturated heterocycles. The summed E-state index contributed by atoms with van der Waals surface area (Å²) >= 11 is 0. The molecule has 0 saturated carbocycles. The molecule has 1 aliphatic heterocycles. The molecule has 0 aliphatic carbocycles. The van der Waals surface area contributed by atoms with Crippen molar-refractivity contribution in [2.24, 2.45) is 0 Å². The molecule has 3 rings (SSSR count). The Balaban J connectivity index is 2.21. The van der Waals surface area contributed by atoms with Crippen LogP contribution in [0.25, 0.3) is 10.8 Å². The number of amides is 1. The quantitative estimate of drug-likeness (QED) is 0.847. The van der Waals surface area contributed by atoms with Crippen molar-refractivity contribution in [2.45, 2.75) is 38.9 Å². The van der Waals surface area contributed by atoms with Crippen LogP contribution in [0.5, 0.6) is 5.75 Å². The zero-order valence-electron chi connectivity index (χ0n) is 14.8. The molecule has 6 heteroatoms. The largest absolute Gasteiger partial charge is 0.504 e. The highest BCUT2D eigenvalue weighted by atomic mass is 19.1. The molecule has 1 atom stereocenters. The highest BCUT2D eigenvalue weighted by molar-refractivity contribution is 6.00. The molecule has 5 nitrogen and oxygen atoms in total. The summed E-state index contributed by atoms with van der Waals surface area (Å²) < 4.78 is 25.8. The standard InChI is InChI=1S/C19H22FNO4/c1-19(2,3)25-18(23)21-10-11(24-4)9-14-12-7-5-6-8-13(12)17(22)15(20)16(14)21/h5-8,11,22H,9-10H2,1-4H3/t11-/m0/s1. The molecular formula is C19H22FNO4. The van der Waals surface area contributed by atoms with Crippen molar-refractivity contribution >= 4 is 22.6 Å². The number of benzene rings is 2. The third kappa shape index (κ3) is 3.14. The second kappa shape index (κ2) is 6.19. The van der Waals surface area contributed by atoms with Crippen molar-refractivity contribution in [2.75, 3.05) is 18.6 Å². The third-order valence-corrected chi connectivity index (χ3v) is 4.24. The summed E-state index contributed by atoms with van der Waals surface area (Å²) in [5, 5.41) is 11.4. The minimum atomic E-state index is -0.811. The molecule has 0 unspecified atom stereocenters. The first kappa shape index (κ1) is 17.5. The van der Waals surface area contributed by atoms with Gasteiger partial charge >= 0.3 is 6.09 Å². The molecule has 0 bridgehead atoms. The summed E-state index contributed by atoms with van der Waals surface area (Å²) in [4.78, 5) is 13.9. The van der Waals surface area contributed by atoms with E-state index in [1.807, 2.05) is 6.07 Å². The smallest absolute Gasteiger partial charge is 0.415 e. The summed E-state index contributed by atoms with van der Waals surface area (Å²) in [7, 11) is 1.56. The third-order valence-electron chi connectivity index (χ3n) is 4.24. The van der Waals surface area contributed by atoms with Crippen molar-refractivity contribution in [3.05, 3.63) is 35.6 Å². The Morgan fingerprint density at radius 1 is 1.28 bits per heavy atom. The lowest BCUT2D eigenvalue weighted by atomic mass is 9.92. The van der Waals surface area contributed by atoms with Gasteiger partial charge in [-0.3, -0.25) is 4.90 Å². The number of hydrogen-bond acceptors (Lipinski definition) is 4. The number of halogens is 1. The lowest BCUT2D eigenvalue weighted by Crippen LogP contribution is -2.46. The highest BCUT2D eigenvalue weighted by Gasteiger charge is 2.36.